The van der Waals surface area contributed by atoms with E-state index in [-0.39, 0.29) is 23.9 Å². The Morgan fingerprint density at radius 1 is 1.18 bits per heavy atom. The molecule has 2 rings (SSSR count). The Morgan fingerprint density at radius 2 is 1.82 bits per heavy atom. The Hall–Kier alpha value is -3.10. The molecule has 0 saturated heterocycles. The summed E-state index contributed by atoms with van der Waals surface area (Å²) >= 11 is 0. The summed E-state index contributed by atoms with van der Waals surface area (Å²) in [6, 6.07) is 7.82. The summed E-state index contributed by atoms with van der Waals surface area (Å²) in [6.45, 7) is 5.10. The number of benzene rings is 1. The Labute approximate surface area is 160 Å². The fraction of sp³-hybridized carbons (Fsp3) is 0.316. The van der Waals surface area contributed by atoms with Crippen LogP contribution in [-0.4, -0.2) is 23.2 Å². The summed E-state index contributed by atoms with van der Waals surface area (Å²) in [7, 11) is 0. The van der Waals surface area contributed by atoms with Crippen LogP contribution in [0.15, 0.2) is 36.4 Å². The second kappa shape index (κ2) is 8.73. The topological polar surface area (TPSA) is 80.3 Å². The van der Waals surface area contributed by atoms with Gasteiger partial charge in [-0.15, -0.1) is 13.2 Å². The van der Waals surface area contributed by atoms with Gasteiger partial charge in [0, 0.05) is 17.7 Å². The number of hydrogen-bond donors (Lipinski definition) is 2. The lowest BCUT2D eigenvalue weighted by atomic mass is 10.1. The van der Waals surface area contributed by atoms with Gasteiger partial charge in [0.25, 0.3) is 5.91 Å². The van der Waals surface area contributed by atoms with E-state index in [1.54, 1.807) is 26.8 Å². The number of halogens is 3. The molecule has 1 aromatic heterocycles. The molecule has 0 bridgehead atoms. The van der Waals surface area contributed by atoms with Crippen LogP contribution in [0.5, 0.6) is 5.75 Å². The number of ether oxygens (including phenoxy) is 1. The van der Waals surface area contributed by atoms with Crippen molar-refractivity contribution in [1.29, 1.82) is 0 Å². The number of amides is 2. The number of nitrogens with one attached hydrogen (secondary N) is 2. The predicted molar refractivity (Wildman–Crippen MR) is 96.9 cm³/mol. The molecule has 0 aliphatic carbocycles. The SMILES string of the molecule is CCC(=O)Nc1cc(C(=O)NC(C)c2ccc(OC(F)(F)F)cc2)cc(C)n1. The average Bonchev–Trinajstić information content (AvgIpc) is 2.60. The molecule has 2 N–H and O–H groups in total. The van der Waals surface area contributed by atoms with Crippen LogP contribution in [-0.2, 0) is 4.79 Å². The van der Waals surface area contributed by atoms with Gasteiger partial charge in [0.15, 0.2) is 0 Å². The summed E-state index contributed by atoms with van der Waals surface area (Å²) in [5.41, 5.74) is 1.47. The van der Waals surface area contributed by atoms with Gasteiger partial charge in [-0.2, -0.15) is 0 Å². The van der Waals surface area contributed by atoms with Gasteiger partial charge in [-0.1, -0.05) is 19.1 Å². The third kappa shape index (κ3) is 6.26. The molecule has 1 atom stereocenters. The van der Waals surface area contributed by atoms with Crippen molar-refractivity contribution in [3.63, 3.8) is 0 Å². The van der Waals surface area contributed by atoms with E-state index in [0.717, 1.165) is 0 Å². The largest absolute Gasteiger partial charge is 0.573 e. The Bertz CT molecular complexity index is 852. The van der Waals surface area contributed by atoms with Crippen molar-refractivity contribution < 1.29 is 27.5 Å². The summed E-state index contributed by atoms with van der Waals surface area (Å²) in [5.74, 6) is -0.686. The number of aryl methyl sites for hydroxylation is 1. The summed E-state index contributed by atoms with van der Waals surface area (Å²) < 4.78 is 40.5. The molecule has 0 aliphatic rings. The molecule has 1 heterocycles. The highest BCUT2D eigenvalue weighted by atomic mass is 19.4. The third-order valence-electron chi connectivity index (χ3n) is 3.77. The number of aromatic nitrogens is 1. The number of hydrogen-bond acceptors (Lipinski definition) is 4. The molecule has 0 aliphatic heterocycles. The molecular formula is C19H20F3N3O3. The Morgan fingerprint density at radius 3 is 2.39 bits per heavy atom. The van der Waals surface area contributed by atoms with Gasteiger partial charge in [-0.05, 0) is 43.7 Å². The number of carbonyl (C=O) groups is 2. The average molecular weight is 395 g/mol. The van der Waals surface area contributed by atoms with E-state index >= 15 is 0 Å². The van der Waals surface area contributed by atoms with Crippen molar-refractivity contribution in [3.05, 3.63) is 53.2 Å². The van der Waals surface area contributed by atoms with Gasteiger partial charge in [0.05, 0.1) is 6.04 Å². The van der Waals surface area contributed by atoms with Gasteiger partial charge < -0.3 is 15.4 Å². The van der Waals surface area contributed by atoms with Crippen molar-refractivity contribution in [2.24, 2.45) is 0 Å². The number of anilines is 1. The molecule has 9 heteroatoms. The zero-order chi connectivity index (χ0) is 20.9. The first-order valence-corrected chi connectivity index (χ1v) is 8.52. The van der Waals surface area contributed by atoms with E-state index < -0.39 is 18.3 Å². The second-order valence-corrected chi connectivity index (χ2v) is 6.10. The second-order valence-electron chi connectivity index (χ2n) is 6.10. The summed E-state index contributed by atoms with van der Waals surface area (Å²) in [5, 5.41) is 5.36. The Balaban J connectivity index is 2.08. The molecule has 150 valence electrons. The van der Waals surface area contributed by atoms with E-state index in [1.807, 2.05) is 0 Å². The quantitative estimate of drug-likeness (QED) is 0.771. The third-order valence-corrected chi connectivity index (χ3v) is 3.77. The fourth-order valence-electron chi connectivity index (χ4n) is 2.42. The van der Waals surface area contributed by atoms with E-state index in [9.17, 15) is 22.8 Å². The van der Waals surface area contributed by atoms with Gasteiger partial charge in [0.1, 0.15) is 11.6 Å². The van der Waals surface area contributed by atoms with Crippen molar-refractivity contribution >= 4 is 17.6 Å². The maximum atomic E-state index is 12.5. The van der Waals surface area contributed by atoms with Crippen LogP contribution in [0.4, 0.5) is 19.0 Å². The van der Waals surface area contributed by atoms with Crippen molar-refractivity contribution in [1.82, 2.24) is 10.3 Å². The van der Waals surface area contributed by atoms with Crippen LogP contribution in [0.25, 0.3) is 0 Å². The van der Waals surface area contributed by atoms with E-state index in [2.05, 4.69) is 20.4 Å². The lowest BCUT2D eigenvalue weighted by Gasteiger charge is -2.16. The summed E-state index contributed by atoms with van der Waals surface area (Å²) in [6.07, 6.45) is -4.48. The van der Waals surface area contributed by atoms with Gasteiger partial charge >= 0.3 is 6.36 Å². The molecule has 1 aromatic carbocycles. The van der Waals surface area contributed by atoms with E-state index in [0.29, 0.717) is 16.8 Å². The van der Waals surface area contributed by atoms with E-state index in [1.165, 1.54) is 30.3 Å². The molecule has 2 amide bonds. The number of carbonyl (C=O) groups excluding carboxylic acids is 2. The maximum Gasteiger partial charge on any atom is 0.573 e. The lowest BCUT2D eigenvalue weighted by molar-refractivity contribution is -0.274. The zero-order valence-corrected chi connectivity index (χ0v) is 15.6. The molecule has 6 nitrogen and oxygen atoms in total. The van der Waals surface area contributed by atoms with Gasteiger partial charge in [-0.25, -0.2) is 4.98 Å². The molecule has 1 unspecified atom stereocenters. The number of pyridine rings is 1. The monoisotopic (exact) mass is 395 g/mol. The molecular weight excluding hydrogens is 375 g/mol. The highest BCUT2D eigenvalue weighted by Crippen LogP contribution is 2.24. The van der Waals surface area contributed by atoms with Crippen LogP contribution in [0, 0.1) is 6.92 Å². The van der Waals surface area contributed by atoms with Gasteiger partial charge in [0.2, 0.25) is 5.91 Å². The molecule has 0 radical (unpaired) electrons. The minimum Gasteiger partial charge on any atom is -0.406 e. The Kier molecular flexibility index (Phi) is 6.61. The number of nitrogens with zero attached hydrogens (tertiary/aromatic N) is 1. The van der Waals surface area contributed by atoms with Gasteiger partial charge in [-0.3, -0.25) is 9.59 Å². The number of alkyl halides is 3. The van der Waals surface area contributed by atoms with Crippen molar-refractivity contribution in [2.45, 2.75) is 39.6 Å². The highest BCUT2D eigenvalue weighted by molar-refractivity contribution is 5.96. The molecule has 0 fully saturated rings. The highest BCUT2D eigenvalue weighted by Gasteiger charge is 2.31. The first kappa shape index (κ1) is 21.2. The van der Waals surface area contributed by atoms with Crippen LogP contribution in [0.2, 0.25) is 0 Å². The molecule has 2 aromatic rings. The van der Waals surface area contributed by atoms with Crippen LogP contribution in [0.3, 0.4) is 0 Å². The molecule has 0 spiro atoms. The predicted octanol–water partition coefficient (Wildman–Crippen LogP) is 4.13. The first-order valence-electron chi connectivity index (χ1n) is 8.52. The summed E-state index contributed by atoms with van der Waals surface area (Å²) in [4.78, 5) is 28.2. The minimum atomic E-state index is -4.76. The standard InChI is InChI=1S/C19H20F3N3O3/c1-4-17(26)25-16-10-14(9-11(2)23-16)18(27)24-12(3)13-5-7-15(8-6-13)28-19(20,21)22/h5-10,12H,4H2,1-3H3,(H,24,27)(H,23,25,26). The molecule has 28 heavy (non-hydrogen) atoms. The maximum absolute atomic E-state index is 12.5. The van der Waals surface area contributed by atoms with Crippen molar-refractivity contribution in [2.75, 3.05) is 5.32 Å². The fourth-order valence-corrected chi connectivity index (χ4v) is 2.42. The van der Waals surface area contributed by atoms with Crippen LogP contribution in [0.1, 0.15) is 47.9 Å². The normalized spacial score (nSPS) is 12.2. The minimum absolute atomic E-state index is 0.223. The van der Waals surface area contributed by atoms with Crippen LogP contribution >= 0.6 is 0 Å². The van der Waals surface area contributed by atoms with Crippen LogP contribution < -0.4 is 15.4 Å². The lowest BCUT2D eigenvalue weighted by Crippen LogP contribution is -2.27. The number of rotatable bonds is 6. The zero-order valence-electron chi connectivity index (χ0n) is 15.6. The molecule has 0 saturated carbocycles. The van der Waals surface area contributed by atoms with E-state index in [4.69, 9.17) is 0 Å². The smallest absolute Gasteiger partial charge is 0.406 e. The first-order chi connectivity index (χ1) is 13.1. The van der Waals surface area contributed by atoms with Crippen molar-refractivity contribution in [3.8, 4) is 5.75 Å².